The van der Waals surface area contributed by atoms with Crippen molar-refractivity contribution in [2.24, 2.45) is 0 Å². The van der Waals surface area contributed by atoms with Crippen molar-refractivity contribution in [3.63, 3.8) is 0 Å². The van der Waals surface area contributed by atoms with Crippen LogP contribution in [0.3, 0.4) is 0 Å². The third-order valence-corrected chi connectivity index (χ3v) is 3.87. The quantitative estimate of drug-likeness (QED) is 0.791. The van der Waals surface area contributed by atoms with Gasteiger partial charge in [-0.25, -0.2) is 0 Å². The van der Waals surface area contributed by atoms with Crippen molar-refractivity contribution in [2.75, 3.05) is 13.2 Å². The van der Waals surface area contributed by atoms with Crippen molar-refractivity contribution >= 4 is 0 Å². The molecule has 3 unspecified atom stereocenters. The molecular formula is C17H26O3. The molecule has 0 aliphatic carbocycles. The number of hydrogen-bond acceptors (Lipinski definition) is 3. The highest BCUT2D eigenvalue weighted by Crippen LogP contribution is 2.26. The lowest BCUT2D eigenvalue weighted by atomic mass is 9.98. The first kappa shape index (κ1) is 15.5. The van der Waals surface area contributed by atoms with Crippen LogP contribution >= 0.6 is 0 Å². The van der Waals surface area contributed by atoms with E-state index in [1.807, 2.05) is 37.3 Å². The first-order valence-corrected chi connectivity index (χ1v) is 7.77. The van der Waals surface area contributed by atoms with Crippen LogP contribution in [0.1, 0.15) is 50.7 Å². The summed E-state index contributed by atoms with van der Waals surface area (Å²) >= 11 is 0. The van der Waals surface area contributed by atoms with Gasteiger partial charge in [0.15, 0.2) is 0 Å². The molecule has 1 fully saturated rings. The van der Waals surface area contributed by atoms with Gasteiger partial charge in [0.25, 0.3) is 0 Å². The Morgan fingerprint density at radius 2 is 2.15 bits per heavy atom. The number of benzene rings is 1. The maximum absolute atomic E-state index is 10.4. The van der Waals surface area contributed by atoms with Crippen LogP contribution in [0.2, 0.25) is 0 Å². The SMILES string of the molecule is CCOC(c1ccccc1)C(O)CCCC1CCCO1. The van der Waals surface area contributed by atoms with E-state index in [2.05, 4.69) is 0 Å². The Hall–Kier alpha value is -0.900. The van der Waals surface area contributed by atoms with Gasteiger partial charge in [-0.2, -0.15) is 0 Å². The van der Waals surface area contributed by atoms with E-state index in [4.69, 9.17) is 9.47 Å². The smallest absolute Gasteiger partial charge is 0.108 e. The molecule has 0 amide bonds. The van der Waals surface area contributed by atoms with Crippen molar-refractivity contribution in [3.8, 4) is 0 Å². The van der Waals surface area contributed by atoms with Crippen LogP contribution in [0.15, 0.2) is 30.3 Å². The van der Waals surface area contributed by atoms with Gasteiger partial charge in [-0.3, -0.25) is 0 Å². The molecule has 0 bridgehead atoms. The Balaban J connectivity index is 1.81. The molecule has 3 atom stereocenters. The fraction of sp³-hybridized carbons (Fsp3) is 0.647. The van der Waals surface area contributed by atoms with E-state index in [9.17, 15) is 5.11 Å². The Labute approximate surface area is 121 Å². The summed E-state index contributed by atoms with van der Waals surface area (Å²) in [6.07, 6.45) is 4.89. The topological polar surface area (TPSA) is 38.7 Å². The largest absolute Gasteiger partial charge is 0.390 e. The summed E-state index contributed by atoms with van der Waals surface area (Å²) in [6, 6.07) is 9.99. The van der Waals surface area contributed by atoms with Crippen LogP contribution in [-0.4, -0.2) is 30.5 Å². The highest BCUT2D eigenvalue weighted by molar-refractivity contribution is 5.18. The summed E-state index contributed by atoms with van der Waals surface area (Å²) in [5, 5.41) is 10.4. The fourth-order valence-electron chi connectivity index (χ4n) is 2.83. The number of hydrogen-bond donors (Lipinski definition) is 1. The molecule has 1 N–H and O–H groups in total. The maximum Gasteiger partial charge on any atom is 0.108 e. The van der Waals surface area contributed by atoms with Gasteiger partial charge >= 0.3 is 0 Å². The lowest BCUT2D eigenvalue weighted by molar-refractivity contribution is -0.0397. The number of ether oxygens (including phenoxy) is 2. The molecule has 1 aromatic carbocycles. The molecule has 2 rings (SSSR count). The summed E-state index contributed by atoms with van der Waals surface area (Å²) < 4.78 is 11.3. The van der Waals surface area contributed by atoms with Crippen molar-refractivity contribution in [2.45, 2.75) is 57.3 Å². The average molecular weight is 278 g/mol. The van der Waals surface area contributed by atoms with E-state index in [-0.39, 0.29) is 6.10 Å². The number of aliphatic hydroxyl groups excluding tert-OH is 1. The Kier molecular flexibility index (Phi) is 6.51. The summed E-state index contributed by atoms with van der Waals surface area (Å²) in [6.45, 7) is 3.48. The third kappa shape index (κ3) is 4.58. The molecule has 1 aromatic rings. The zero-order valence-corrected chi connectivity index (χ0v) is 12.3. The van der Waals surface area contributed by atoms with Gasteiger partial charge in [0.2, 0.25) is 0 Å². The Morgan fingerprint density at radius 1 is 1.35 bits per heavy atom. The minimum absolute atomic E-state index is 0.217. The first-order chi connectivity index (χ1) is 9.81. The molecule has 0 spiro atoms. The van der Waals surface area contributed by atoms with Crippen molar-refractivity contribution in [1.29, 1.82) is 0 Å². The molecule has 1 heterocycles. The molecule has 1 saturated heterocycles. The van der Waals surface area contributed by atoms with Crippen LogP contribution in [0.4, 0.5) is 0 Å². The van der Waals surface area contributed by atoms with E-state index in [0.717, 1.165) is 31.4 Å². The molecule has 1 aliphatic rings. The molecule has 1 aliphatic heterocycles. The minimum Gasteiger partial charge on any atom is -0.390 e. The number of aliphatic hydroxyl groups is 1. The normalized spacial score (nSPS) is 21.8. The van der Waals surface area contributed by atoms with Crippen LogP contribution in [0.25, 0.3) is 0 Å². The lowest BCUT2D eigenvalue weighted by Gasteiger charge is -2.23. The van der Waals surface area contributed by atoms with E-state index < -0.39 is 6.10 Å². The maximum atomic E-state index is 10.4. The van der Waals surface area contributed by atoms with E-state index in [1.165, 1.54) is 12.8 Å². The Morgan fingerprint density at radius 3 is 2.80 bits per heavy atom. The zero-order valence-electron chi connectivity index (χ0n) is 12.3. The average Bonchev–Trinajstić information content (AvgIpc) is 2.99. The summed E-state index contributed by atoms with van der Waals surface area (Å²) in [7, 11) is 0. The van der Waals surface area contributed by atoms with E-state index in [0.29, 0.717) is 12.7 Å². The second-order valence-corrected chi connectivity index (χ2v) is 5.42. The molecule has 0 aromatic heterocycles. The first-order valence-electron chi connectivity index (χ1n) is 7.77. The van der Waals surface area contributed by atoms with E-state index >= 15 is 0 Å². The Bertz CT molecular complexity index is 360. The molecule has 0 radical (unpaired) electrons. The summed E-state index contributed by atoms with van der Waals surface area (Å²) in [4.78, 5) is 0. The van der Waals surface area contributed by atoms with Crippen molar-refractivity contribution in [1.82, 2.24) is 0 Å². The van der Waals surface area contributed by atoms with E-state index in [1.54, 1.807) is 0 Å². The van der Waals surface area contributed by atoms with Crippen LogP contribution < -0.4 is 0 Å². The zero-order chi connectivity index (χ0) is 14.2. The van der Waals surface area contributed by atoms with Crippen molar-refractivity contribution in [3.05, 3.63) is 35.9 Å². The van der Waals surface area contributed by atoms with Gasteiger partial charge in [-0.15, -0.1) is 0 Å². The van der Waals surface area contributed by atoms with Crippen LogP contribution in [0, 0.1) is 0 Å². The minimum atomic E-state index is -0.446. The van der Waals surface area contributed by atoms with Crippen molar-refractivity contribution < 1.29 is 14.6 Å². The third-order valence-electron chi connectivity index (χ3n) is 3.87. The van der Waals surface area contributed by atoms with Crippen LogP contribution in [-0.2, 0) is 9.47 Å². The summed E-state index contributed by atoms with van der Waals surface area (Å²) in [5.74, 6) is 0. The van der Waals surface area contributed by atoms with Gasteiger partial charge < -0.3 is 14.6 Å². The van der Waals surface area contributed by atoms with Crippen LogP contribution in [0.5, 0.6) is 0 Å². The molecule has 3 nitrogen and oxygen atoms in total. The molecule has 112 valence electrons. The monoisotopic (exact) mass is 278 g/mol. The molecule has 3 heteroatoms. The van der Waals surface area contributed by atoms with Gasteiger partial charge in [-0.05, 0) is 44.6 Å². The second-order valence-electron chi connectivity index (χ2n) is 5.42. The van der Waals surface area contributed by atoms with Gasteiger partial charge in [0.05, 0.1) is 12.2 Å². The van der Waals surface area contributed by atoms with Gasteiger partial charge in [0, 0.05) is 13.2 Å². The van der Waals surface area contributed by atoms with Gasteiger partial charge in [-0.1, -0.05) is 30.3 Å². The fourth-order valence-corrected chi connectivity index (χ4v) is 2.83. The predicted octanol–water partition coefficient (Wildman–Crippen LogP) is 3.47. The molecule has 0 saturated carbocycles. The van der Waals surface area contributed by atoms with Gasteiger partial charge in [0.1, 0.15) is 6.10 Å². The molecular weight excluding hydrogens is 252 g/mol. The lowest BCUT2D eigenvalue weighted by Crippen LogP contribution is -2.22. The predicted molar refractivity (Wildman–Crippen MR) is 79.6 cm³/mol. The highest BCUT2D eigenvalue weighted by atomic mass is 16.5. The molecule has 20 heavy (non-hydrogen) atoms. The number of rotatable bonds is 8. The summed E-state index contributed by atoms with van der Waals surface area (Å²) in [5.41, 5.74) is 1.05. The standard InChI is InChI=1S/C17H26O3/c1-2-19-17(14-8-4-3-5-9-14)16(18)12-6-10-15-11-7-13-20-15/h3-5,8-9,15-18H,2,6-7,10-13H2,1H3. The highest BCUT2D eigenvalue weighted by Gasteiger charge is 2.22. The second kappa shape index (κ2) is 8.40.